The number of aliphatic carboxylic acids is 1. The molecular formula is C23H32F2O3. The lowest BCUT2D eigenvalue weighted by atomic mass is 9.66. The van der Waals surface area contributed by atoms with Crippen molar-refractivity contribution in [1.82, 2.24) is 0 Å². The minimum absolute atomic E-state index is 0.00328. The number of carboxylic acid groups (broad SMARTS) is 1. The van der Waals surface area contributed by atoms with E-state index < -0.39 is 18.5 Å². The summed E-state index contributed by atoms with van der Waals surface area (Å²) in [6.07, 6.45) is 10.4. The number of aliphatic hydroxyl groups is 1. The van der Waals surface area contributed by atoms with Gasteiger partial charge in [0.25, 0.3) is 6.43 Å². The SMILES string of the molecule is CC1=CC(C2CCC(C3C=CC(O)CC3CCC(=O)O)C=C2C(F)F)CCC1. The van der Waals surface area contributed by atoms with Crippen LogP contribution in [-0.4, -0.2) is 28.7 Å². The van der Waals surface area contributed by atoms with E-state index in [0.29, 0.717) is 12.8 Å². The molecule has 6 atom stereocenters. The maximum Gasteiger partial charge on any atom is 0.303 e. The first-order valence-corrected chi connectivity index (χ1v) is 10.6. The third-order valence-corrected chi connectivity index (χ3v) is 6.89. The van der Waals surface area contributed by atoms with E-state index in [-0.39, 0.29) is 41.6 Å². The number of hydrogen-bond donors (Lipinski definition) is 2. The van der Waals surface area contributed by atoms with Crippen LogP contribution in [0, 0.1) is 29.6 Å². The molecule has 0 aliphatic heterocycles. The fourth-order valence-corrected chi connectivity index (χ4v) is 5.53. The highest BCUT2D eigenvalue weighted by molar-refractivity contribution is 5.66. The fraction of sp³-hybridized carbons (Fsp3) is 0.696. The van der Waals surface area contributed by atoms with E-state index >= 15 is 0 Å². The summed E-state index contributed by atoms with van der Waals surface area (Å²) in [5, 5.41) is 19.0. The van der Waals surface area contributed by atoms with Gasteiger partial charge in [-0.05, 0) is 87.0 Å². The zero-order valence-corrected chi connectivity index (χ0v) is 16.6. The summed E-state index contributed by atoms with van der Waals surface area (Å²) in [4.78, 5) is 11.0. The van der Waals surface area contributed by atoms with E-state index in [1.54, 1.807) is 12.2 Å². The van der Waals surface area contributed by atoms with Crippen LogP contribution in [0.5, 0.6) is 0 Å². The number of aliphatic hydroxyl groups excluding tert-OH is 1. The van der Waals surface area contributed by atoms with E-state index in [9.17, 15) is 18.7 Å². The second kappa shape index (κ2) is 9.34. The number of alkyl halides is 2. The zero-order chi connectivity index (χ0) is 20.3. The van der Waals surface area contributed by atoms with Gasteiger partial charge < -0.3 is 10.2 Å². The van der Waals surface area contributed by atoms with Gasteiger partial charge in [-0.1, -0.05) is 29.9 Å². The molecule has 0 aromatic rings. The molecule has 0 radical (unpaired) electrons. The Kier molecular flexibility index (Phi) is 7.08. The summed E-state index contributed by atoms with van der Waals surface area (Å²) in [6.45, 7) is 2.09. The van der Waals surface area contributed by atoms with Crippen molar-refractivity contribution in [3.05, 3.63) is 35.5 Å². The molecule has 3 rings (SSSR count). The van der Waals surface area contributed by atoms with Crippen molar-refractivity contribution in [3.63, 3.8) is 0 Å². The van der Waals surface area contributed by atoms with Crippen LogP contribution in [0.4, 0.5) is 8.78 Å². The van der Waals surface area contributed by atoms with Gasteiger partial charge in [-0.2, -0.15) is 0 Å². The van der Waals surface area contributed by atoms with Crippen LogP contribution >= 0.6 is 0 Å². The van der Waals surface area contributed by atoms with Crippen LogP contribution in [0.2, 0.25) is 0 Å². The molecule has 3 aliphatic carbocycles. The van der Waals surface area contributed by atoms with Crippen molar-refractivity contribution in [1.29, 1.82) is 0 Å². The summed E-state index contributed by atoms with van der Waals surface area (Å²) in [5.74, 6) is -0.680. The Morgan fingerprint density at radius 1 is 1.18 bits per heavy atom. The van der Waals surface area contributed by atoms with Gasteiger partial charge in [0, 0.05) is 6.42 Å². The second-order valence-electron chi connectivity index (χ2n) is 8.84. The maximum absolute atomic E-state index is 14.0. The maximum atomic E-state index is 14.0. The molecule has 5 heteroatoms. The Labute approximate surface area is 166 Å². The van der Waals surface area contributed by atoms with E-state index in [1.165, 1.54) is 5.57 Å². The quantitative estimate of drug-likeness (QED) is 0.596. The molecule has 0 heterocycles. The Bertz CT molecular complexity index is 652. The molecule has 0 aromatic heterocycles. The van der Waals surface area contributed by atoms with E-state index in [0.717, 1.165) is 32.1 Å². The Morgan fingerprint density at radius 2 is 1.96 bits per heavy atom. The van der Waals surface area contributed by atoms with Gasteiger partial charge in [0.15, 0.2) is 0 Å². The molecule has 6 unspecified atom stereocenters. The second-order valence-corrected chi connectivity index (χ2v) is 8.84. The highest BCUT2D eigenvalue weighted by atomic mass is 19.3. The lowest BCUT2D eigenvalue weighted by Crippen LogP contribution is -2.33. The van der Waals surface area contributed by atoms with Crippen LogP contribution < -0.4 is 0 Å². The number of carbonyl (C=O) groups is 1. The first kappa shape index (κ1) is 21.2. The van der Waals surface area contributed by atoms with Crippen LogP contribution in [0.3, 0.4) is 0 Å². The summed E-state index contributed by atoms with van der Waals surface area (Å²) in [6, 6.07) is 0. The first-order valence-electron chi connectivity index (χ1n) is 10.6. The summed E-state index contributed by atoms with van der Waals surface area (Å²) in [5.41, 5.74) is 1.59. The van der Waals surface area contributed by atoms with Crippen LogP contribution in [-0.2, 0) is 4.79 Å². The molecule has 3 aliphatic rings. The molecule has 0 saturated heterocycles. The fourth-order valence-electron chi connectivity index (χ4n) is 5.53. The van der Waals surface area contributed by atoms with Crippen molar-refractivity contribution < 1.29 is 23.8 Å². The zero-order valence-electron chi connectivity index (χ0n) is 16.6. The predicted molar refractivity (Wildman–Crippen MR) is 105 cm³/mol. The predicted octanol–water partition coefficient (Wildman–Crippen LogP) is 5.37. The lowest BCUT2D eigenvalue weighted by Gasteiger charge is -2.40. The molecule has 3 nitrogen and oxygen atoms in total. The number of rotatable bonds is 6. The molecule has 0 saturated carbocycles. The van der Waals surface area contributed by atoms with Gasteiger partial charge in [-0.3, -0.25) is 4.79 Å². The Morgan fingerprint density at radius 3 is 2.64 bits per heavy atom. The summed E-state index contributed by atoms with van der Waals surface area (Å²) in [7, 11) is 0. The minimum Gasteiger partial charge on any atom is -0.481 e. The number of allylic oxidation sites excluding steroid dienone is 5. The van der Waals surface area contributed by atoms with Gasteiger partial charge in [-0.25, -0.2) is 8.78 Å². The minimum atomic E-state index is -2.45. The van der Waals surface area contributed by atoms with Crippen molar-refractivity contribution in [2.45, 2.75) is 70.8 Å². The van der Waals surface area contributed by atoms with Gasteiger partial charge in [0.2, 0.25) is 0 Å². The van der Waals surface area contributed by atoms with Gasteiger partial charge in [0.1, 0.15) is 0 Å². The number of hydrogen-bond acceptors (Lipinski definition) is 2. The average Bonchev–Trinajstić information content (AvgIpc) is 2.66. The summed E-state index contributed by atoms with van der Waals surface area (Å²) < 4.78 is 27.9. The monoisotopic (exact) mass is 394 g/mol. The Hall–Kier alpha value is -1.49. The standard InChI is InChI=1S/C23H32F2O3/c1-14-3-2-4-15(11-14)20-8-5-17(13-21(20)23(24)25)19-9-7-18(26)12-16(19)6-10-22(27)28/h7,9,11,13,15-20,23,26H,2-6,8,10,12H2,1H3,(H,27,28). The highest BCUT2D eigenvalue weighted by Gasteiger charge is 2.38. The van der Waals surface area contributed by atoms with Gasteiger partial charge in [-0.15, -0.1) is 0 Å². The highest BCUT2D eigenvalue weighted by Crippen LogP contribution is 2.46. The molecule has 156 valence electrons. The molecule has 2 N–H and O–H groups in total. The third-order valence-electron chi connectivity index (χ3n) is 6.89. The van der Waals surface area contributed by atoms with Gasteiger partial charge in [0.05, 0.1) is 6.10 Å². The smallest absolute Gasteiger partial charge is 0.303 e. The number of halogens is 2. The van der Waals surface area contributed by atoms with Crippen LogP contribution in [0.1, 0.15) is 58.3 Å². The average molecular weight is 395 g/mol. The molecule has 0 aromatic carbocycles. The molecular weight excluding hydrogens is 362 g/mol. The molecule has 0 fully saturated rings. The summed E-state index contributed by atoms with van der Waals surface area (Å²) >= 11 is 0. The lowest BCUT2D eigenvalue weighted by molar-refractivity contribution is -0.137. The Balaban J connectivity index is 1.80. The van der Waals surface area contributed by atoms with Crippen molar-refractivity contribution >= 4 is 5.97 Å². The molecule has 0 amide bonds. The van der Waals surface area contributed by atoms with Gasteiger partial charge >= 0.3 is 5.97 Å². The van der Waals surface area contributed by atoms with E-state index in [1.807, 2.05) is 6.08 Å². The van der Waals surface area contributed by atoms with Crippen molar-refractivity contribution in [2.75, 3.05) is 0 Å². The first-order chi connectivity index (χ1) is 13.3. The van der Waals surface area contributed by atoms with Crippen molar-refractivity contribution in [2.24, 2.45) is 29.6 Å². The third kappa shape index (κ3) is 5.11. The van der Waals surface area contributed by atoms with Crippen LogP contribution in [0.15, 0.2) is 35.5 Å². The van der Waals surface area contributed by atoms with E-state index in [4.69, 9.17) is 5.11 Å². The van der Waals surface area contributed by atoms with Crippen LogP contribution in [0.25, 0.3) is 0 Å². The molecule has 0 bridgehead atoms. The normalized spacial score (nSPS) is 36.2. The molecule has 0 spiro atoms. The van der Waals surface area contributed by atoms with E-state index in [2.05, 4.69) is 13.0 Å². The topological polar surface area (TPSA) is 57.5 Å². The van der Waals surface area contributed by atoms with Crippen molar-refractivity contribution in [3.8, 4) is 0 Å². The largest absolute Gasteiger partial charge is 0.481 e. The molecule has 28 heavy (non-hydrogen) atoms. The number of carboxylic acids is 1.